The van der Waals surface area contributed by atoms with E-state index in [2.05, 4.69) is 0 Å². The van der Waals surface area contributed by atoms with Gasteiger partial charge in [0.2, 0.25) is 0 Å². The first kappa shape index (κ1) is 6.40. The first-order valence-electron chi connectivity index (χ1n) is 3.64. The van der Waals surface area contributed by atoms with Crippen LogP contribution >= 0.6 is 0 Å². The minimum atomic E-state index is -2.74. The van der Waals surface area contributed by atoms with E-state index in [-0.39, 0.29) is 5.25 Å². The lowest BCUT2D eigenvalue weighted by atomic mass is 9.95. The molecule has 1 aliphatic heterocycles. The van der Waals surface area contributed by atoms with E-state index in [0.29, 0.717) is 0 Å². The number of hydrogen-bond acceptors (Lipinski definition) is 2. The van der Waals surface area contributed by atoms with Gasteiger partial charge in [-0.2, -0.15) is 0 Å². The summed E-state index contributed by atoms with van der Waals surface area (Å²) in [5.41, 5.74) is 1.17. The maximum absolute atomic E-state index is 11.0. The maximum Gasteiger partial charge on any atom is 0.178 e. The molecule has 0 unspecified atom stereocenters. The van der Waals surface area contributed by atoms with Crippen molar-refractivity contribution >= 4 is 9.84 Å². The van der Waals surface area contributed by atoms with Gasteiger partial charge in [-0.3, -0.25) is 0 Å². The van der Waals surface area contributed by atoms with E-state index in [0.717, 1.165) is 19.3 Å². The van der Waals surface area contributed by atoms with Crippen molar-refractivity contribution < 1.29 is 8.42 Å². The third-order valence-electron chi connectivity index (χ3n) is 2.31. The maximum atomic E-state index is 11.0. The van der Waals surface area contributed by atoms with Gasteiger partial charge in [-0.05, 0) is 24.8 Å². The molecule has 0 aromatic heterocycles. The fraction of sp³-hybridized carbons (Fsp3) is 0.714. The van der Waals surface area contributed by atoms with Crippen LogP contribution in [0.25, 0.3) is 0 Å². The predicted molar refractivity (Wildman–Crippen MR) is 39.3 cm³/mol. The van der Waals surface area contributed by atoms with Gasteiger partial charge < -0.3 is 0 Å². The van der Waals surface area contributed by atoms with Gasteiger partial charge in [0.25, 0.3) is 0 Å². The van der Waals surface area contributed by atoms with Crippen LogP contribution in [0.5, 0.6) is 0 Å². The highest BCUT2D eigenvalue weighted by Gasteiger charge is 2.37. The van der Waals surface area contributed by atoms with Crippen molar-refractivity contribution in [2.24, 2.45) is 0 Å². The van der Waals surface area contributed by atoms with E-state index in [9.17, 15) is 8.42 Å². The van der Waals surface area contributed by atoms with E-state index < -0.39 is 9.84 Å². The molecule has 56 valence electrons. The Labute approximate surface area is 60.9 Å². The van der Waals surface area contributed by atoms with Gasteiger partial charge in [0.1, 0.15) is 0 Å². The Hall–Kier alpha value is -0.310. The molecule has 2 rings (SSSR count). The fourth-order valence-corrected chi connectivity index (χ4v) is 3.48. The standard InChI is InChI=1S/C7H10O2S/c8-10(9)5-6-3-1-2-4-7(6)10/h5,7H,1-4H2/t7-/m1/s1. The van der Waals surface area contributed by atoms with Gasteiger partial charge in [0.15, 0.2) is 9.84 Å². The van der Waals surface area contributed by atoms with E-state index >= 15 is 0 Å². The first-order valence-corrected chi connectivity index (χ1v) is 5.25. The summed E-state index contributed by atoms with van der Waals surface area (Å²) >= 11 is 0. The van der Waals surface area contributed by atoms with Crippen molar-refractivity contribution in [1.29, 1.82) is 0 Å². The monoisotopic (exact) mass is 158 g/mol. The molecule has 0 N–H and O–H groups in total. The summed E-state index contributed by atoms with van der Waals surface area (Å²) in [6.45, 7) is 0. The van der Waals surface area contributed by atoms with Crippen molar-refractivity contribution in [2.75, 3.05) is 0 Å². The third kappa shape index (κ3) is 0.732. The molecule has 3 heteroatoms. The summed E-state index contributed by atoms with van der Waals surface area (Å²) in [7, 11) is -2.74. The largest absolute Gasteiger partial charge is 0.224 e. The summed E-state index contributed by atoms with van der Waals surface area (Å²) in [6, 6.07) is 0. The second-order valence-electron chi connectivity index (χ2n) is 3.02. The second-order valence-corrected chi connectivity index (χ2v) is 5.00. The average molecular weight is 158 g/mol. The van der Waals surface area contributed by atoms with E-state index in [1.807, 2.05) is 0 Å². The summed E-state index contributed by atoms with van der Waals surface area (Å²) in [5, 5.41) is 1.39. The average Bonchev–Trinajstić information content (AvgIpc) is 1.86. The summed E-state index contributed by atoms with van der Waals surface area (Å²) in [5.74, 6) is 0. The highest BCUT2D eigenvalue weighted by molar-refractivity contribution is 7.96. The fourth-order valence-electron chi connectivity index (χ4n) is 1.74. The minimum absolute atomic E-state index is 0.0683. The zero-order valence-electron chi connectivity index (χ0n) is 5.71. The molecule has 0 aromatic carbocycles. The lowest BCUT2D eigenvalue weighted by molar-refractivity contribution is 0.539. The Balaban J connectivity index is 2.34. The number of hydrogen-bond donors (Lipinski definition) is 0. The Bertz CT molecular complexity index is 274. The number of rotatable bonds is 0. The van der Waals surface area contributed by atoms with Gasteiger partial charge in [0.05, 0.1) is 5.25 Å². The molecule has 0 spiro atoms. The number of fused-ring (bicyclic) bond motifs is 1. The van der Waals surface area contributed by atoms with E-state index in [1.165, 1.54) is 17.4 Å². The van der Waals surface area contributed by atoms with Gasteiger partial charge in [0, 0.05) is 5.41 Å². The highest BCUT2D eigenvalue weighted by atomic mass is 32.2. The molecule has 2 nitrogen and oxygen atoms in total. The molecule has 1 heterocycles. The second kappa shape index (κ2) is 1.84. The minimum Gasteiger partial charge on any atom is -0.224 e. The van der Waals surface area contributed by atoms with Gasteiger partial charge >= 0.3 is 0 Å². The third-order valence-corrected chi connectivity index (χ3v) is 4.27. The Morgan fingerprint density at radius 1 is 1.40 bits per heavy atom. The molecule has 0 saturated heterocycles. The lowest BCUT2D eigenvalue weighted by Gasteiger charge is -2.30. The predicted octanol–water partition coefficient (Wildman–Crippen LogP) is 1.24. The Morgan fingerprint density at radius 2 is 2.20 bits per heavy atom. The zero-order chi connectivity index (χ0) is 7.19. The topological polar surface area (TPSA) is 34.1 Å². The summed E-state index contributed by atoms with van der Waals surface area (Å²) in [6.07, 6.45) is 4.15. The van der Waals surface area contributed by atoms with Gasteiger partial charge in [-0.15, -0.1) is 0 Å². The summed E-state index contributed by atoms with van der Waals surface area (Å²) < 4.78 is 22.0. The molecule has 0 bridgehead atoms. The SMILES string of the molecule is O=S1(=O)C=C2CCCC[C@H]21. The van der Waals surface area contributed by atoms with Crippen molar-refractivity contribution in [3.63, 3.8) is 0 Å². The van der Waals surface area contributed by atoms with Crippen LogP contribution < -0.4 is 0 Å². The van der Waals surface area contributed by atoms with Crippen molar-refractivity contribution in [1.82, 2.24) is 0 Å². The molecular weight excluding hydrogens is 148 g/mol. The normalized spacial score (nSPS) is 35.6. The molecule has 1 atom stereocenters. The van der Waals surface area contributed by atoms with Crippen molar-refractivity contribution in [2.45, 2.75) is 30.9 Å². The van der Waals surface area contributed by atoms with Crippen LogP contribution in [0.3, 0.4) is 0 Å². The van der Waals surface area contributed by atoms with Crippen LogP contribution in [0.1, 0.15) is 25.7 Å². The van der Waals surface area contributed by atoms with Crippen LogP contribution in [-0.4, -0.2) is 13.7 Å². The van der Waals surface area contributed by atoms with E-state index in [1.54, 1.807) is 0 Å². The molecule has 0 aromatic rings. The Morgan fingerprint density at radius 3 is 2.70 bits per heavy atom. The van der Waals surface area contributed by atoms with Crippen LogP contribution in [-0.2, 0) is 9.84 Å². The lowest BCUT2D eigenvalue weighted by Crippen LogP contribution is -2.33. The smallest absolute Gasteiger partial charge is 0.178 e. The molecule has 2 aliphatic rings. The zero-order valence-corrected chi connectivity index (χ0v) is 6.52. The van der Waals surface area contributed by atoms with Crippen LogP contribution in [0.4, 0.5) is 0 Å². The van der Waals surface area contributed by atoms with Crippen LogP contribution in [0, 0.1) is 0 Å². The molecule has 0 amide bonds. The van der Waals surface area contributed by atoms with Crippen LogP contribution in [0.2, 0.25) is 0 Å². The molecule has 0 radical (unpaired) electrons. The van der Waals surface area contributed by atoms with E-state index in [4.69, 9.17) is 0 Å². The summed E-state index contributed by atoms with van der Waals surface area (Å²) in [4.78, 5) is 0. The molecule has 1 aliphatic carbocycles. The quantitative estimate of drug-likeness (QED) is 0.531. The van der Waals surface area contributed by atoms with Crippen molar-refractivity contribution in [3.8, 4) is 0 Å². The van der Waals surface area contributed by atoms with Gasteiger partial charge in [-0.1, -0.05) is 6.42 Å². The molecular formula is C7H10O2S. The molecule has 1 fully saturated rings. The molecule has 1 saturated carbocycles. The van der Waals surface area contributed by atoms with Gasteiger partial charge in [-0.25, -0.2) is 8.42 Å². The highest BCUT2D eigenvalue weighted by Crippen LogP contribution is 2.37. The first-order chi connectivity index (χ1) is 4.70. The van der Waals surface area contributed by atoms with Crippen molar-refractivity contribution in [3.05, 3.63) is 11.0 Å². The van der Waals surface area contributed by atoms with Crippen LogP contribution in [0.15, 0.2) is 11.0 Å². The number of sulfone groups is 1. The Kier molecular flexibility index (Phi) is 1.18. The molecule has 10 heavy (non-hydrogen) atoms.